The minimum Gasteiger partial charge on any atom is -0.297 e. The van der Waals surface area contributed by atoms with Crippen molar-refractivity contribution in [1.82, 2.24) is 9.55 Å². The normalized spacial score (nSPS) is 12.0. The Hall–Kier alpha value is -2.35. The average molecular weight is 250 g/mol. The van der Waals surface area contributed by atoms with Crippen LogP contribution in [-0.2, 0) is 0 Å². The molecule has 96 valence electrons. The predicted octanol–water partition coefficient (Wildman–Crippen LogP) is 4.33. The van der Waals surface area contributed by atoms with E-state index in [1.54, 1.807) is 6.08 Å². The summed E-state index contributed by atoms with van der Waals surface area (Å²) in [6, 6.07) is 10.2. The third-order valence-corrected chi connectivity index (χ3v) is 2.85. The predicted molar refractivity (Wildman–Crippen MR) is 81.3 cm³/mol. The van der Waals surface area contributed by atoms with Crippen LogP contribution in [0.3, 0.4) is 0 Å². The monoisotopic (exact) mass is 250 g/mol. The summed E-state index contributed by atoms with van der Waals surface area (Å²) in [6.45, 7) is 7.83. The van der Waals surface area contributed by atoms with Crippen molar-refractivity contribution in [3.8, 4) is 5.69 Å². The fraction of sp³-hybridized carbons (Fsp3) is 0.118. The number of nitrogens with zero attached hydrogens (tertiary/aromatic N) is 2. The van der Waals surface area contributed by atoms with Gasteiger partial charge >= 0.3 is 0 Å². The summed E-state index contributed by atoms with van der Waals surface area (Å²) < 4.78 is 2.15. The molecular formula is C17H18N2. The summed E-state index contributed by atoms with van der Waals surface area (Å²) in [5, 5.41) is 0. The number of allylic oxidation sites excluding steroid dienone is 5. The summed E-state index contributed by atoms with van der Waals surface area (Å²) in [5.41, 5.74) is 3.28. The fourth-order valence-electron chi connectivity index (χ4n) is 2.05. The largest absolute Gasteiger partial charge is 0.297 e. The first-order chi connectivity index (χ1) is 9.27. The van der Waals surface area contributed by atoms with Gasteiger partial charge in [0.1, 0.15) is 5.82 Å². The molecule has 0 atom stereocenters. The molecule has 0 unspecified atom stereocenters. The van der Waals surface area contributed by atoms with Crippen LogP contribution in [0.5, 0.6) is 0 Å². The van der Waals surface area contributed by atoms with Crippen molar-refractivity contribution >= 4 is 5.57 Å². The van der Waals surface area contributed by atoms with Crippen LogP contribution in [0.25, 0.3) is 11.3 Å². The number of hydrogen-bond acceptors (Lipinski definition) is 1. The average Bonchev–Trinajstić information content (AvgIpc) is 2.81. The molecule has 0 aliphatic carbocycles. The second kappa shape index (κ2) is 6.01. The highest BCUT2D eigenvalue weighted by Crippen LogP contribution is 2.21. The number of hydrogen-bond donors (Lipinski definition) is 0. The molecule has 0 amide bonds. The fourth-order valence-corrected chi connectivity index (χ4v) is 2.05. The van der Waals surface area contributed by atoms with Gasteiger partial charge in [-0.15, -0.1) is 0 Å². The summed E-state index contributed by atoms with van der Waals surface area (Å²) in [4.78, 5) is 4.53. The van der Waals surface area contributed by atoms with Gasteiger partial charge in [0.2, 0.25) is 0 Å². The number of benzene rings is 1. The van der Waals surface area contributed by atoms with E-state index in [0.29, 0.717) is 0 Å². The molecule has 1 aromatic heterocycles. The molecule has 1 heterocycles. The lowest BCUT2D eigenvalue weighted by molar-refractivity contribution is 0.981. The van der Waals surface area contributed by atoms with E-state index >= 15 is 0 Å². The maximum Gasteiger partial charge on any atom is 0.144 e. The highest BCUT2D eigenvalue weighted by Gasteiger charge is 2.10. The van der Waals surface area contributed by atoms with Gasteiger partial charge in [0.15, 0.2) is 0 Å². The molecule has 1 aromatic carbocycles. The molecule has 0 bridgehead atoms. The van der Waals surface area contributed by atoms with Crippen LogP contribution in [0, 0.1) is 6.92 Å². The number of aromatic nitrogens is 2. The molecule has 2 rings (SSSR count). The minimum atomic E-state index is 0.932. The lowest BCUT2D eigenvalue weighted by Crippen LogP contribution is -2.01. The van der Waals surface area contributed by atoms with Crippen LogP contribution in [0.15, 0.2) is 67.4 Å². The lowest BCUT2D eigenvalue weighted by Gasteiger charge is -2.10. The van der Waals surface area contributed by atoms with Crippen LogP contribution in [-0.4, -0.2) is 9.55 Å². The highest BCUT2D eigenvalue weighted by molar-refractivity contribution is 5.72. The molecule has 0 radical (unpaired) electrons. The zero-order chi connectivity index (χ0) is 13.7. The van der Waals surface area contributed by atoms with Crippen molar-refractivity contribution in [2.24, 2.45) is 0 Å². The molecule has 0 aliphatic rings. The number of para-hydroxylation sites is 1. The standard InChI is InChI=1S/C17H18N2/c1-4-9-15(10-5-2)17-18-13-14(3)19(17)16-11-7-6-8-12-16/h4-13H,1H2,2-3H3/b10-5-,15-9+. The Bertz CT molecular complexity index is 616. The van der Waals surface area contributed by atoms with Gasteiger partial charge in [0, 0.05) is 23.2 Å². The van der Waals surface area contributed by atoms with Crippen molar-refractivity contribution < 1.29 is 0 Å². The maximum absolute atomic E-state index is 4.53. The van der Waals surface area contributed by atoms with E-state index in [4.69, 9.17) is 0 Å². The van der Waals surface area contributed by atoms with Gasteiger partial charge in [-0.3, -0.25) is 4.57 Å². The van der Waals surface area contributed by atoms with Crippen LogP contribution in [0.4, 0.5) is 0 Å². The number of aryl methyl sites for hydroxylation is 1. The third-order valence-electron chi connectivity index (χ3n) is 2.85. The topological polar surface area (TPSA) is 17.8 Å². The molecule has 2 aromatic rings. The minimum absolute atomic E-state index is 0.932. The second-order valence-electron chi connectivity index (χ2n) is 4.25. The summed E-state index contributed by atoms with van der Waals surface area (Å²) in [7, 11) is 0. The van der Waals surface area contributed by atoms with Crippen molar-refractivity contribution in [2.45, 2.75) is 13.8 Å². The van der Waals surface area contributed by atoms with Gasteiger partial charge < -0.3 is 0 Å². The van der Waals surface area contributed by atoms with Crippen molar-refractivity contribution in [3.63, 3.8) is 0 Å². The molecule has 2 heteroatoms. The van der Waals surface area contributed by atoms with Gasteiger partial charge in [-0.05, 0) is 26.0 Å². The lowest BCUT2D eigenvalue weighted by atomic mass is 10.2. The van der Waals surface area contributed by atoms with Gasteiger partial charge in [-0.1, -0.05) is 49.1 Å². The van der Waals surface area contributed by atoms with E-state index in [1.807, 2.05) is 49.5 Å². The Morgan fingerprint density at radius 3 is 2.63 bits per heavy atom. The van der Waals surface area contributed by atoms with Crippen molar-refractivity contribution in [3.05, 3.63) is 78.9 Å². The van der Waals surface area contributed by atoms with Crippen LogP contribution in [0.1, 0.15) is 18.4 Å². The zero-order valence-corrected chi connectivity index (χ0v) is 11.4. The zero-order valence-electron chi connectivity index (χ0n) is 11.4. The van der Waals surface area contributed by atoms with E-state index in [9.17, 15) is 0 Å². The van der Waals surface area contributed by atoms with E-state index in [2.05, 4.69) is 35.2 Å². The van der Waals surface area contributed by atoms with E-state index in [1.165, 1.54) is 0 Å². The molecule has 0 aliphatic heterocycles. The second-order valence-corrected chi connectivity index (χ2v) is 4.25. The summed E-state index contributed by atoms with van der Waals surface area (Å²) in [6.07, 6.45) is 9.70. The van der Waals surface area contributed by atoms with Crippen LogP contribution < -0.4 is 0 Å². The van der Waals surface area contributed by atoms with E-state index in [-0.39, 0.29) is 0 Å². The molecule has 0 saturated carbocycles. The molecule has 0 N–H and O–H groups in total. The molecule has 0 spiro atoms. The van der Waals surface area contributed by atoms with Gasteiger partial charge in [-0.2, -0.15) is 0 Å². The third kappa shape index (κ3) is 2.74. The SMILES string of the molecule is C=C/C=C(\C=C/C)c1ncc(C)n1-c1ccccc1. The van der Waals surface area contributed by atoms with Crippen LogP contribution in [0.2, 0.25) is 0 Å². The van der Waals surface area contributed by atoms with Gasteiger partial charge in [0.25, 0.3) is 0 Å². The smallest absolute Gasteiger partial charge is 0.144 e. The van der Waals surface area contributed by atoms with E-state index in [0.717, 1.165) is 22.8 Å². The quantitative estimate of drug-likeness (QED) is 0.739. The first kappa shape index (κ1) is 13.1. The summed E-state index contributed by atoms with van der Waals surface area (Å²) >= 11 is 0. The van der Waals surface area contributed by atoms with Crippen molar-refractivity contribution in [1.29, 1.82) is 0 Å². The molecule has 0 fully saturated rings. The number of rotatable bonds is 4. The Morgan fingerprint density at radius 2 is 2.00 bits per heavy atom. The first-order valence-electron chi connectivity index (χ1n) is 6.33. The van der Waals surface area contributed by atoms with Crippen molar-refractivity contribution in [2.75, 3.05) is 0 Å². The van der Waals surface area contributed by atoms with Crippen LogP contribution >= 0.6 is 0 Å². The Balaban J connectivity index is 2.60. The maximum atomic E-state index is 4.53. The van der Waals surface area contributed by atoms with Gasteiger partial charge in [-0.25, -0.2) is 4.98 Å². The Labute approximate surface area is 114 Å². The Kier molecular flexibility index (Phi) is 4.14. The molecular weight excluding hydrogens is 232 g/mol. The molecule has 19 heavy (non-hydrogen) atoms. The molecule has 2 nitrogen and oxygen atoms in total. The summed E-state index contributed by atoms with van der Waals surface area (Å²) in [5.74, 6) is 0.932. The highest BCUT2D eigenvalue weighted by atomic mass is 15.1. The first-order valence-corrected chi connectivity index (χ1v) is 6.33. The van der Waals surface area contributed by atoms with E-state index < -0.39 is 0 Å². The molecule has 0 saturated heterocycles. The Morgan fingerprint density at radius 1 is 1.26 bits per heavy atom. The van der Waals surface area contributed by atoms with Gasteiger partial charge in [0.05, 0.1) is 0 Å². The number of imidazole rings is 1.